The molecular weight excluding hydrogens is 436 g/mol. The quantitative estimate of drug-likeness (QED) is 0.300. The molecule has 1 aromatic heterocycles. The molecule has 0 unspecified atom stereocenters. The monoisotopic (exact) mass is 452 g/mol. The van der Waals surface area contributed by atoms with Gasteiger partial charge in [0, 0.05) is 12.1 Å². The maximum Gasteiger partial charge on any atom is 0.265 e. The first kappa shape index (κ1) is 20.8. The van der Waals surface area contributed by atoms with Gasteiger partial charge in [0.2, 0.25) is 0 Å². The van der Waals surface area contributed by atoms with Crippen molar-refractivity contribution in [3.8, 4) is 0 Å². The first-order chi connectivity index (χ1) is 14.8. The summed E-state index contributed by atoms with van der Waals surface area (Å²) in [6, 6.07) is 15.1. The molecule has 4 N–H and O–H groups in total. The average Bonchev–Trinajstić information content (AvgIpc) is 3.29. The van der Waals surface area contributed by atoms with Gasteiger partial charge in [0.1, 0.15) is 5.84 Å². The Kier molecular flexibility index (Phi) is 5.58. The van der Waals surface area contributed by atoms with Gasteiger partial charge in [-0.25, -0.2) is 0 Å². The predicted octanol–water partition coefficient (Wildman–Crippen LogP) is 3.78. The molecule has 1 aliphatic rings. The molecule has 3 amide bonds. The van der Waals surface area contributed by atoms with E-state index in [2.05, 4.69) is 5.32 Å². The molecule has 0 atom stereocenters. The van der Waals surface area contributed by atoms with Crippen LogP contribution in [0.1, 0.15) is 41.5 Å². The number of imide groups is 1. The number of hydrogen-bond acceptors (Lipinski definition) is 5. The number of carbonyl (C=O) groups excluding carboxylic acids is 3. The summed E-state index contributed by atoms with van der Waals surface area (Å²) >= 11 is 7.02. The van der Waals surface area contributed by atoms with E-state index < -0.39 is 17.7 Å². The van der Waals surface area contributed by atoms with Crippen molar-refractivity contribution in [3.05, 3.63) is 86.1 Å². The zero-order valence-corrected chi connectivity index (χ0v) is 17.7. The summed E-state index contributed by atoms with van der Waals surface area (Å²) < 4.78 is 0.481. The number of fused-ring (bicyclic) bond motifs is 1. The van der Waals surface area contributed by atoms with Crippen LogP contribution in [0, 0.1) is 5.41 Å². The molecule has 1 aliphatic heterocycles. The van der Waals surface area contributed by atoms with E-state index in [1.807, 2.05) is 6.07 Å². The Morgan fingerprint density at radius 3 is 2.58 bits per heavy atom. The lowest BCUT2D eigenvalue weighted by molar-refractivity contribution is 0.0656. The number of amidine groups is 1. The van der Waals surface area contributed by atoms with E-state index in [1.54, 1.807) is 48.5 Å². The molecule has 0 bridgehead atoms. The third-order valence-electron chi connectivity index (χ3n) is 4.91. The van der Waals surface area contributed by atoms with Gasteiger partial charge in [-0.15, -0.1) is 11.3 Å². The van der Waals surface area contributed by atoms with Crippen molar-refractivity contribution < 1.29 is 14.4 Å². The second-order valence-corrected chi connectivity index (χ2v) is 8.63. The molecule has 9 heteroatoms. The molecule has 0 spiro atoms. The van der Waals surface area contributed by atoms with Gasteiger partial charge in [-0.05, 0) is 42.3 Å². The van der Waals surface area contributed by atoms with Crippen LogP contribution in [0.25, 0.3) is 0 Å². The topological polar surface area (TPSA) is 116 Å². The third-order valence-corrected chi connectivity index (χ3v) is 6.14. The summed E-state index contributed by atoms with van der Waals surface area (Å²) in [7, 11) is 0. The standard InChI is InChI=1S/C22H17ClN4O3S/c23-17-8-7-16(31-17)20(28)26-15-6-2-5-14-18(15)22(30)27(21(14)29)10-9-12-3-1-4-13(11-12)19(24)25/h1-8,11H,9-10H2,(H3,24,25)(H,26,28). The number of nitrogens with two attached hydrogens (primary N) is 1. The smallest absolute Gasteiger partial charge is 0.265 e. The third kappa shape index (κ3) is 4.08. The lowest BCUT2D eigenvalue weighted by Crippen LogP contribution is -2.32. The highest BCUT2D eigenvalue weighted by Crippen LogP contribution is 2.31. The summed E-state index contributed by atoms with van der Waals surface area (Å²) in [6.07, 6.45) is 0.419. The highest BCUT2D eigenvalue weighted by Gasteiger charge is 2.37. The first-order valence-corrected chi connectivity index (χ1v) is 10.5. The number of nitrogen functional groups attached to an aromatic ring is 1. The van der Waals surface area contributed by atoms with Crippen LogP contribution in [0.3, 0.4) is 0 Å². The first-order valence-electron chi connectivity index (χ1n) is 9.34. The maximum atomic E-state index is 13.0. The molecule has 0 saturated carbocycles. The second kappa shape index (κ2) is 8.33. The van der Waals surface area contributed by atoms with E-state index in [0.29, 0.717) is 21.2 Å². The van der Waals surface area contributed by atoms with E-state index in [-0.39, 0.29) is 29.2 Å². The van der Waals surface area contributed by atoms with Gasteiger partial charge in [-0.2, -0.15) is 0 Å². The highest BCUT2D eigenvalue weighted by molar-refractivity contribution is 7.18. The van der Waals surface area contributed by atoms with Gasteiger partial charge < -0.3 is 11.1 Å². The summed E-state index contributed by atoms with van der Waals surface area (Å²) in [4.78, 5) is 39.9. The minimum atomic E-state index is -0.456. The summed E-state index contributed by atoms with van der Waals surface area (Å²) in [5.74, 6) is -1.30. The molecule has 4 rings (SSSR count). The Morgan fingerprint density at radius 1 is 1.10 bits per heavy atom. The Bertz CT molecular complexity index is 1240. The second-order valence-electron chi connectivity index (χ2n) is 6.91. The molecule has 7 nitrogen and oxygen atoms in total. The number of hydrogen-bond donors (Lipinski definition) is 3. The van der Waals surface area contributed by atoms with Crippen molar-refractivity contribution in [2.24, 2.45) is 5.73 Å². The van der Waals surface area contributed by atoms with E-state index in [9.17, 15) is 14.4 Å². The normalized spacial score (nSPS) is 12.7. The molecule has 0 aliphatic carbocycles. The number of benzene rings is 2. The van der Waals surface area contributed by atoms with Gasteiger partial charge in [0.15, 0.2) is 0 Å². The fraction of sp³-hybridized carbons (Fsp3) is 0.0909. The van der Waals surface area contributed by atoms with Crippen LogP contribution in [0.15, 0.2) is 54.6 Å². The zero-order chi connectivity index (χ0) is 22.1. The Morgan fingerprint density at radius 2 is 1.87 bits per heavy atom. The summed E-state index contributed by atoms with van der Waals surface area (Å²) in [6.45, 7) is 0.168. The number of halogens is 1. The number of anilines is 1. The number of amides is 3. The van der Waals surface area contributed by atoms with Crippen molar-refractivity contribution in [1.29, 1.82) is 5.41 Å². The van der Waals surface area contributed by atoms with Gasteiger partial charge in [0.05, 0.1) is 26.0 Å². The van der Waals surface area contributed by atoms with Crippen molar-refractivity contribution >= 4 is 52.2 Å². The number of thiophene rings is 1. The Labute approximate surface area is 186 Å². The van der Waals surface area contributed by atoms with E-state index in [4.69, 9.17) is 22.7 Å². The molecule has 156 valence electrons. The Balaban J connectivity index is 1.54. The predicted molar refractivity (Wildman–Crippen MR) is 120 cm³/mol. The van der Waals surface area contributed by atoms with Crippen LogP contribution in [-0.4, -0.2) is 35.0 Å². The Hall–Kier alpha value is -3.49. The van der Waals surface area contributed by atoms with Crippen LogP contribution < -0.4 is 11.1 Å². The van der Waals surface area contributed by atoms with Crippen LogP contribution in [0.4, 0.5) is 5.69 Å². The molecule has 0 radical (unpaired) electrons. The number of nitrogens with zero attached hydrogens (tertiary/aromatic N) is 1. The molecule has 31 heavy (non-hydrogen) atoms. The number of carbonyl (C=O) groups is 3. The van der Waals surface area contributed by atoms with Crippen molar-refractivity contribution in [3.63, 3.8) is 0 Å². The van der Waals surface area contributed by atoms with Gasteiger partial charge in [-0.3, -0.25) is 24.7 Å². The average molecular weight is 453 g/mol. The molecule has 2 aromatic carbocycles. The summed E-state index contributed by atoms with van der Waals surface area (Å²) in [5.41, 5.74) is 7.68. The minimum Gasteiger partial charge on any atom is -0.384 e. The molecule has 3 aromatic rings. The molecule has 0 fully saturated rings. The SMILES string of the molecule is N=C(N)c1cccc(CCN2C(=O)c3cccc(NC(=O)c4ccc(Cl)s4)c3C2=O)c1. The molecule has 0 saturated heterocycles. The van der Waals surface area contributed by atoms with Crippen molar-refractivity contribution in [1.82, 2.24) is 4.90 Å². The van der Waals surface area contributed by atoms with Crippen LogP contribution in [0.5, 0.6) is 0 Å². The zero-order valence-electron chi connectivity index (χ0n) is 16.1. The van der Waals surface area contributed by atoms with Crippen LogP contribution in [-0.2, 0) is 6.42 Å². The van der Waals surface area contributed by atoms with E-state index in [0.717, 1.165) is 16.9 Å². The molecule has 2 heterocycles. The largest absolute Gasteiger partial charge is 0.384 e. The highest BCUT2D eigenvalue weighted by atomic mass is 35.5. The minimum absolute atomic E-state index is 0.0463. The van der Waals surface area contributed by atoms with Gasteiger partial charge in [0.25, 0.3) is 17.7 Å². The fourth-order valence-electron chi connectivity index (χ4n) is 3.40. The lowest BCUT2D eigenvalue weighted by Gasteiger charge is -2.14. The fourth-order valence-corrected chi connectivity index (χ4v) is 4.33. The summed E-state index contributed by atoms with van der Waals surface area (Å²) in [5, 5.41) is 10.3. The van der Waals surface area contributed by atoms with E-state index in [1.165, 1.54) is 4.90 Å². The van der Waals surface area contributed by atoms with Crippen molar-refractivity contribution in [2.45, 2.75) is 6.42 Å². The van der Waals surface area contributed by atoms with Crippen LogP contribution >= 0.6 is 22.9 Å². The van der Waals surface area contributed by atoms with Crippen molar-refractivity contribution in [2.75, 3.05) is 11.9 Å². The van der Waals surface area contributed by atoms with Gasteiger partial charge >= 0.3 is 0 Å². The lowest BCUT2D eigenvalue weighted by atomic mass is 10.1. The molecular formula is C22H17ClN4O3S. The number of rotatable bonds is 6. The van der Waals surface area contributed by atoms with E-state index >= 15 is 0 Å². The van der Waals surface area contributed by atoms with Gasteiger partial charge in [-0.1, -0.05) is 35.9 Å². The maximum absolute atomic E-state index is 13.0. The van der Waals surface area contributed by atoms with Crippen LogP contribution in [0.2, 0.25) is 4.34 Å². The number of nitrogens with one attached hydrogen (secondary N) is 2.